The van der Waals surface area contributed by atoms with Crippen LogP contribution in [-0.2, 0) is 11.3 Å². The van der Waals surface area contributed by atoms with E-state index in [-0.39, 0.29) is 19.5 Å². The molecule has 0 aliphatic rings. The average molecular weight is 289 g/mol. The number of primary amides is 1. The van der Waals surface area contributed by atoms with Gasteiger partial charge in [-0.3, -0.25) is 9.69 Å². The maximum absolute atomic E-state index is 12.1. The Bertz CT molecular complexity index is 449. The molecule has 4 nitrogen and oxygen atoms in total. The topological polar surface area (TPSA) is 72.4 Å². The number of halogens is 3. The molecular formula is C13H18F3N3O. The SMILES string of the molecule is NC(=O)CN(CCCC(F)(F)F)Cc1ccccc1N. The second-order valence-corrected chi connectivity index (χ2v) is 4.59. The van der Waals surface area contributed by atoms with E-state index in [9.17, 15) is 18.0 Å². The molecule has 0 aliphatic heterocycles. The van der Waals surface area contributed by atoms with Gasteiger partial charge in [0.05, 0.1) is 6.54 Å². The Hall–Kier alpha value is -1.76. The summed E-state index contributed by atoms with van der Waals surface area (Å²) < 4.78 is 36.4. The number of nitrogen functional groups attached to an aromatic ring is 1. The van der Waals surface area contributed by atoms with E-state index in [4.69, 9.17) is 11.5 Å². The molecule has 0 unspecified atom stereocenters. The number of hydrogen-bond donors (Lipinski definition) is 2. The molecule has 0 saturated carbocycles. The van der Waals surface area contributed by atoms with Crippen molar-refractivity contribution in [1.29, 1.82) is 0 Å². The van der Waals surface area contributed by atoms with Gasteiger partial charge in [0.15, 0.2) is 0 Å². The lowest BCUT2D eigenvalue weighted by molar-refractivity contribution is -0.136. The number of nitrogens with two attached hydrogens (primary N) is 2. The van der Waals surface area contributed by atoms with Crippen molar-refractivity contribution in [1.82, 2.24) is 4.90 Å². The predicted molar refractivity (Wildman–Crippen MR) is 70.6 cm³/mol. The molecule has 1 amide bonds. The zero-order chi connectivity index (χ0) is 15.2. The number of rotatable bonds is 7. The van der Waals surface area contributed by atoms with Crippen molar-refractivity contribution in [3.63, 3.8) is 0 Å². The van der Waals surface area contributed by atoms with Crippen molar-refractivity contribution in [3.8, 4) is 0 Å². The first-order valence-corrected chi connectivity index (χ1v) is 6.19. The average Bonchev–Trinajstić information content (AvgIpc) is 2.29. The third-order valence-corrected chi connectivity index (χ3v) is 2.76. The van der Waals surface area contributed by atoms with Gasteiger partial charge < -0.3 is 11.5 Å². The molecule has 0 atom stereocenters. The van der Waals surface area contributed by atoms with Crippen LogP contribution in [0.15, 0.2) is 24.3 Å². The second kappa shape index (κ2) is 7.14. The molecule has 7 heteroatoms. The largest absolute Gasteiger partial charge is 0.398 e. The first kappa shape index (κ1) is 16.3. The van der Waals surface area contributed by atoms with Crippen molar-refractivity contribution in [2.45, 2.75) is 25.6 Å². The van der Waals surface area contributed by atoms with Crippen LogP contribution >= 0.6 is 0 Å². The van der Waals surface area contributed by atoms with E-state index in [0.29, 0.717) is 12.2 Å². The quantitative estimate of drug-likeness (QED) is 0.753. The fraction of sp³-hybridized carbons (Fsp3) is 0.462. The van der Waals surface area contributed by atoms with Gasteiger partial charge in [0.1, 0.15) is 0 Å². The van der Waals surface area contributed by atoms with Crippen molar-refractivity contribution >= 4 is 11.6 Å². The Morgan fingerprint density at radius 1 is 1.25 bits per heavy atom. The molecule has 0 aliphatic carbocycles. The van der Waals surface area contributed by atoms with Gasteiger partial charge in [-0.1, -0.05) is 18.2 Å². The van der Waals surface area contributed by atoms with E-state index in [0.717, 1.165) is 5.56 Å². The van der Waals surface area contributed by atoms with Crippen LogP contribution in [0.1, 0.15) is 18.4 Å². The molecule has 0 aromatic heterocycles. The molecule has 20 heavy (non-hydrogen) atoms. The Kier molecular flexibility index (Phi) is 5.82. The summed E-state index contributed by atoms with van der Waals surface area (Å²) >= 11 is 0. The molecule has 1 rings (SSSR count). The van der Waals surface area contributed by atoms with Gasteiger partial charge in [-0.25, -0.2) is 0 Å². The Labute approximate surface area is 115 Å². The van der Waals surface area contributed by atoms with Crippen LogP contribution in [0, 0.1) is 0 Å². The van der Waals surface area contributed by atoms with E-state index in [1.165, 1.54) is 0 Å². The summed E-state index contributed by atoms with van der Waals surface area (Å²) in [5.41, 5.74) is 12.2. The third-order valence-electron chi connectivity index (χ3n) is 2.76. The summed E-state index contributed by atoms with van der Waals surface area (Å²) in [5, 5.41) is 0. The molecule has 0 saturated heterocycles. The normalized spacial score (nSPS) is 11.8. The predicted octanol–water partition coefficient (Wildman–Crippen LogP) is 1.90. The summed E-state index contributed by atoms with van der Waals surface area (Å²) in [4.78, 5) is 12.5. The highest BCUT2D eigenvalue weighted by atomic mass is 19.4. The molecule has 0 bridgehead atoms. The zero-order valence-corrected chi connectivity index (χ0v) is 11.0. The number of amides is 1. The van der Waals surface area contributed by atoms with Gasteiger partial charge in [0, 0.05) is 18.7 Å². The number of para-hydroxylation sites is 1. The highest BCUT2D eigenvalue weighted by Crippen LogP contribution is 2.22. The third kappa shape index (κ3) is 6.42. The van der Waals surface area contributed by atoms with E-state index in [1.807, 2.05) is 0 Å². The second-order valence-electron chi connectivity index (χ2n) is 4.59. The first-order valence-electron chi connectivity index (χ1n) is 6.19. The Balaban J connectivity index is 2.60. The van der Waals surface area contributed by atoms with Crippen LogP contribution in [-0.4, -0.2) is 30.1 Å². The molecule has 1 aromatic carbocycles. The number of anilines is 1. The molecular weight excluding hydrogens is 271 g/mol. The molecule has 0 spiro atoms. The lowest BCUT2D eigenvalue weighted by Crippen LogP contribution is -2.34. The van der Waals surface area contributed by atoms with Crippen molar-refractivity contribution in [2.75, 3.05) is 18.8 Å². The maximum atomic E-state index is 12.1. The smallest absolute Gasteiger partial charge is 0.389 e. The molecule has 1 aromatic rings. The van der Waals surface area contributed by atoms with Crippen LogP contribution in [0.2, 0.25) is 0 Å². The highest BCUT2D eigenvalue weighted by Gasteiger charge is 2.26. The summed E-state index contributed by atoms with van der Waals surface area (Å²) in [6.07, 6.45) is -5.15. The van der Waals surface area contributed by atoms with Crippen molar-refractivity contribution < 1.29 is 18.0 Å². The lowest BCUT2D eigenvalue weighted by atomic mass is 10.1. The lowest BCUT2D eigenvalue weighted by Gasteiger charge is -2.21. The molecule has 0 radical (unpaired) electrons. The van der Waals surface area contributed by atoms with Gasteiger partial charge in [-0.05, 0) is 24.6 Å². The number of benzene rings is 1. The van der Waals surface area contributed by atoms with Crippen LogP contribution in [0.4, 0.5) is 18.9 Å². The van der Waals surface area contributed by atoms with Gasteiger partial charge in [-0.2, -0.15) is 13.2 Å². The Morgan fingerprint density at radius 3 is 2.45 bits per heavy atom. The molecule has 112 valence electrons. The highest BCUT2D eigenvalue weighted by molar-refractivity contribution is 5.75. The standard InChI is InChI=1S/C13H18F3N3O/c14-13(15,16)6-3-7-19(9-12(18)20)8-10-4-1-2-5-11(10)17/h1-2,4-5H,3,6-9,17H2,(H2,18,20). The van der Waals surface area contributed by atoms with Gasteiger partial charge in [0.2, 0.25) is 5.91 Å². The monoisotopic (exact) mass is 289 g/mol. The molecule has 0 fully saturated rings. The van der Waals surface area contributed by atoms with Crippen LogP contribution in [0.5, 0.6) is 0 Å². The summed E-state index contributed by atoms with van der Waals surface area (Å²) in [6, 6.07) is 7.02. The van der Waals surface area contributed by atoms with Crippen molar-refractivity contribution in [2.24, 2.45) is 5.73 Å². The van der Waals surface area contributed by atoms with Crippen LogP contribution in [0.25, 0.3) is 0 Å². The minimum atomic E-state index is -4.19. The van der Waals surface area contributed by atoms with Gasteiger partial charge in [0.25, 0.3) is 0 Å². The molecule has 0 heterocycles. The number of nitrogens with zero attached hydrogens (tertiary/aromatic N) is 1. The molecule has 4 N–H and O–H groups in total. The van der Waals surface area contributed by atoms with Gasteiger partial charge >= 0.3 is 6.18 Å². The van der Waals surface area contributed by atoms with Gasteiger partial charge in [-0.15, -0.1) is 0 Å². The first-order chi connectivity index (χ1) is 9.28. The number of hydrogen-bond acceptors (Lipinski definition) is 3. The summed E-state index contributed by atoms with van der Waals surface area (Å²) in [5.74, 6) is -0.577. The summed E-state index contributed by atoms with van der Waals surface area (Å²) in [6.45, 7) is 0.344. The van der Waals surface area contributed by atoms with E-state index in [1.54, 1.807) is 29.2 Å². The fourth-order valence-electron chi connectivity index (χ4n) is 1.86. The zero-order valence-electron chi connectivity index (χ0n) is 11.0. The summed E-state index contributed by atoms with van der Waals surface area (Å²) in [7, 11) is 0. The van der Waals surface area contributed by atoms with Crippen molar-refractivity contribution in [3.05, 3.63) is 29.8 Å². The fourth-order valence-corrected chi connectivity index (χ4v) is 1.86. The van der Waals surface area contributed by atoms with Crippen LogP contribution in [0.3, 0.4) is 0 Å². The maximum Gasteiger partial charge on any atom is 0.389 e. The van der Waals surface area contributed by atoms with E-state index in [2.05, 4.69) is 0 Å². The number of carbonyl (C=O) groups excluding carboxylic acids is 1. The number of alkyl halides is 3. The van der Waals surface area contributed by atoms with E-state index >= 15 is 0 Å². The minimum absolute atomic E-state index is 0.0798. The minimum Gasteiger partial charge on any atom is -0.398 e. The van der Waals surface area contributed by atoms with Crippen LogP contribution < -0.4 is 11.5 Å². The number of carbonyl (C=O) groups is 1. The van der Waals surface area contributed by atoms with E-state index < -0.39 is 18.5 Å². The Morgan fingerprint density at radius 2 is 1.90 bits per heavy atom.